The molecule has 4 unspecified atom stereocenters. The van der Waals surface area contributed by atoms with Crippen molar-refractivity contribution in [3.05, 3.63) is 22.3 Å². The van der Waals surface area contributed by atoms with Crippen molar-refractivity contribution in [2.45, 2.75) is 126 Å². The quantitative estimate of drug-likeness (QED) is 0.359. The van der Waals surface area contributed by atoms with Gasteiger partial charge in [0.05, 0.1) is 6.10 Å². The van der Waals surface area contributed by atoms with E-state index in [1.807, 2.05) is 13.8 Å². The van der Waals surface area contributed by atoms with Crippen molar-refractivity contribution >= 4 is 0 Å². The van der Waals surface area contributed by atoms with Gasteiger partial charge in [0.1, 0.15) is 11.5 Å². The van der Waals surface area contributed by atoms with Gasteiger partial charge in [-0.3, -0.25) is 0 Å². The average molecular weight is 431 g/mol. The molecule has 0 radical (unpaired) electrons. The highest BCUT2D eigenvalue weighted by Crippen LogP contribution is 2.43. The Morgan fingerprint density at radius 3 is 1.94 bits per heavy atom. The third-order valence-corrected chi connectivity index (χ3v) is 7.92. The van der Waals surface area contributed by atoms with Gasteiger partial charge < -0.3 is 9.84 Å². The Morgan fingerprint density at radius 1 is 0.806 bits per heavy atom. The lowest BCUT2D eigenvalue weighted by Crippen LogP contribution is -2.31. The van der Waals surface area contributed by atoms with Gasteiger partial charge in [-0.25, -0.2) is 0 Å². The largest absolute Gasteiger partial charge is 0.507 e. The molecule has 0 spiro atoms. The van der Waals surface area contributed by atoms with Gasteiger partial charge >= 0.3 is 0 Å². The topological polar surface area (TPSA) is 29.5 Å². The van der Waals surface area contributed by atoms with E-state index in [1.54, 1.807) is 0 Å². The van der Waals surface area contributed by atoms with Crippen molar-refractivity contribution in [3.63, 3.8) is 0 Å². The lowest BCUT2D eigenvalue weighted by atomic mass is 9.82. The molecule has 178 valence electrons. The molecule has 31 heavy (non-hydrogen) atoms. The molecule has 0 fully saturated rings. The summed E-state index contributed by atoms with van der Waals surface area (Å²) in [4.78, 5) is 0. The zero-order chi connectivity index (χ0) is 23.1. The Morgan fingerprint density at radius 2 is 1.35 bits per heavy atom. The summed E-state index contributed by atoms with van der Waals surface area (Å²) in [6.45, 7) is 17.9. The molecular formula is C29H50O2. The van der Waals surface area contributed by atoms with Crippen molar-refractivity contribution in [1.29, 1.82) is 0 Å². The van der Waals surface area contributed by atoms with Crippen LogP contribution in [0, 0.1) is 44.4 Å². The standard InChI is InChI=1S/C29H50O2/c1-19(2)12-9-13-20(3)14-10-15-21(4)16-11-17-26-18-27-24(7)28(30)22(5)23(6)29(27)31-25(26)8/h19-21,25-26,30H,9-18H2,1-8H3. The highest BCUT2D eigenvalue weighted by molar-refractivity contribution is 5.58. The van der Waals surface area contributed by atoms with Crippen LogP contribution in [-0.4, -0.2) is 11.2 Å². The molecule has 0 saturated heterocycles. The first-order valence-electron chi connectivity index (χ1n) is 13.1. The molecule has 2 heteroatoms. The molecule has 1 aliphatic heterocycles. The molecule has 0 amide bonds. The number of phenolic OH excluding ortho intramolecular Hbond substituents is 1. The van der Waals surface area contributed by atoms with Gasteiger partial charge in [0, 0.05) is 5.56 Å². The van der Waals surface area contributed by atoms with Crippen LogP contribution in [0.4, 0.5) is 0 Å². The molecule has 1 heterocycles. The minimum atomic E-state index is 0.261. The Bertz CT molecular complexity index is 691. The summed E-state index contributed by atoms with van der Waals surface area (Å²) >= 11 is 0. The number of rotatable bonds is 12. The molecule has 0 saturated carbocycles. The fourth-order valence-electron chi connectivity index (χ4n) is 5.33. The predicted molar refractivity (Wildman–Crippen MR) is 134 cm³/mol. The van der Waals surface area contributed by atoms with E-state index in [-0.39, 0.29) is 6.10 Å². The third-order valence-electron chi connectivity index (χ3n) is 7.92. The number of hydrogen-bond donors (Lipinski definition) is 1. The smallest absolute Gasteiger partial charge is 0.126 e. The summed E-state index contributed by atoms with van der Waals surface area (Å²) in [5.74, 6) is 4.61. The molecule has 0 bridgehead atoms. The Labute approximate surface area is 193 Å². The third kappa shape index (κ3) is 7.43. The SMILES string of the molecule is Cc1c(C)c2c(c(C)c1O)CC(CCCC(C)CCCC(C)CCCC(C)C)C(C)O2. The summed E-state index contributed by atoms with van der Waals surface area (Å²) in [5.41, 5.74) is 4.33. The molecular weight excluding hydrogens is 380 g/mol. The Balaban J connectivity index is 1.73. The zero-order valence-electron chi connectivity index (χ0n) is 21.8. The van der Waals surface area contributed by atoms with E-state index in [0.29, 0.717) is 11.7 Å². The van der Waals surface area contributed by atoms with Crippen LogP contribution in [0.15, 0.2) is 0 Å². The van der Waals surface area contributed by atoms with Crippen LogP contribution < -0.4 is 4.74 Å². The predicted octanol–water partition coefficient (Wildman–Crippen LogP) is 8.70. The normalized spacial score (nSPS) is 20.4. The molecule has 0 aromatic heterocycles. The number of fused-ring (bicyclic) bond motifs is 1. The van der Waals surface area contributed by atoms with Crippen molar-refractivity contribution in [2.75, 3.05) is 0 Å². The van der Waals surface area contributed by atoms with Gasteiger partial charge in [0.15, 0.2) is 0 Å². The number of benzene rings is 1. The molecule has 1 aromatic rings. The van der Waals surface area contributed by atoms with Crippen LogP contribution in [0.2, 0.25) is 0 Å². The maximum absolute atomic E-state index is 10.5. The molecule has 1 N–H and O–H groups in total. The van der Waals surface area contributed by atoms with Gasteiger partial charge in [0.2, 0.25) is 0 Å². The molecule has 2 nitrogen and oxygen atoms in total. The fourth-order valence-corrected chi connectivity index (χ4v) is 5.33. The van der Waals surface area contributed by atoms with E-state index in [4.69, 9.17) is 4.74 Å². The van der Waals surface area contributed by atoms with E-state index in [1.165, 1.54) is 63.4 Å². The highest BCUT2D eigenvalue weighted by atomic mass is 16.5. The lowest BCUT2D eigenvalue weighted by molar-refractivity contribution is 0.119. The Hall–Kier alpha value is -1.18. The Kier molecular flexibility index (Phi) is 10.2. The van der Waals surface area contributed by atoms with Gasteiger partial charge in [-0.2, -0.15) is 0 Å². The first-order valence-corrected chi connectivity index (χ1v) is 13.1. The van der Waals surface area contributed by atoms with Gasteiger partial charge in [-0.1, -0.05) is 79.1 Å². The summed E-state index contributed by atoms with van der Waals surface area (Å²) in [6.07, 6.45) is 13.5. The van der Waals surface area contributed by atoms with Crippen LogP contribution in [-0.2, 0) is 6.42 Å². The van der Waals surface area contributed by atoms with Gasteiger partial charge in [0.25, 0.3) is 0 Å². The molecule has 0 aliphatic carbocycles. The second-order valence-corrected chi connectivity index (χ2v) is 11.2. The minimum Gasteiger partial charge on any atom is -0.507 e. The summed E-state index contributed by atoms with van der Waals surface area (Å²) in [6, 6.07) is 0. The molecule has 1 aliphatic rings. The van der Waals surface area contributed by atoms with Crippen molar-refractivity contribution in [3.8, 4) is 11.5 Å². The number of phenols is 1. The summed E-state index contributed by atoms with van der Waals surface area (Å²) in [7, 11) is 0. The van der Waals surface area contributed by atoms with Crippen molar-refractivity contribution < 1.29 is 9.84 Å². The zero-order valence-corrected chi connectivity index (χ0v) is 21.8. The lowest BCUT2D eigenvalue weighted by Gasteiger charge is -2.34. The van der Waals surface area contributed by atoms with Gasteiger partial charge in [-0.15, -0.1) is 0 Å². The fraction of sp³-hybridized carbons (Fsp3) is 0.793. The van der Waals surface area contributed by atoms with E-state index in [0.717, 1.165) is 46.6 Å². The maximum Gasteiger partial charge on any atom is 0.126 e. The molecule has 1 aromatic carbocycles. The van der Waals surface area contributed by atoms with Crippen molar-refractivity contribution in [1.82, 2.24) is 0 Å². The average Bonchev–Trinajstić information content (AvgIpc) is 2.71. The first kappa shape index (κ1) is 26.1. The van der Waals surface area contributed by atoms with E-state index in [9.17, 15) is 5.11 Å². The van der Waals surface area contributed by atoms with Crippen LogP contribution in [0.5, 0.6) is 11.5 Å². The summed E-state index contributed by atoms with van der Waals surface area (Å²) in [5, 5.41) is 10.5. The number of hydrogen-bond acceptors (Lipinski definition) is 2. The van der Waals surface area contributed by atoms with Crippen LogP contribution >= 0.6 is 0 Å². The maximum atomic E-state index is 10.5. The second-order valence-electron chi connectivity index (χ2n) is 11.2. The monoisotopic (exact) mass is 430 g/mol. The highest BCUT2D eigenvalue weighted by Gasteiger charge is 2.30. The van der Waals surface area contributed by atoms with Crippen LogP contribution in [0.1, 0.15) is 115 Å². The van der Waals surface area contributed by atoms with Crippen LogP contribution in [0.3, 0.4) is 0 Å². The molecule has 4 atom stereocenters. The van der Waals surface area contributed by atoms with E-state index < -0.39 is 0 Å². The van der Waals surface area contributed by atoms with E-state index >= 15 is 0 Å². The van der Waals surface area contributed by atoms with Crippen molar-refractivity contribution in [2.24, 2.45) is 23.7 Å². The van der Waals surface area contributed by atoms with Crippen LogP contribution in [0.25, 0.3) is 0 Å². The minimum absolute atomic E-state index is 0.261. The van der Waals surface area contributed by atoms with Gasteiger partial charge in [-0.05, 0) is 80.9 Å². The number of ether oxygens (including phenoxy) is 1. The second kappa shape index (κ2) is 12.2. The molecule has 2 rings (SSSR count). The van der Waals surface area contributed by atoms with E-state index in [2.05, 4.69) is 41.5 Å². The first-order chi connectivity index (χ1) is 14.6. The number of aromatic hydroxyl groups is 1. The summed E-state index contributed by atoms with van der Waals surface area (Å²) < 4.78 is 6.38.